The second-order valence-electron chi connectivity index (χ2n) is 6.08. The highest BCUT2D eigenvalue weighted by atomic mass is 16.4. The molecule has 0 aliphatic heterocycles. The van der Waals surface area contributed by atoms with Crippen LogP contribution in [0.3, 0.4) is 0 Å². The van der Waals surface area contributed by atoms with Gasteiger partial charge in [-0.25, -0.2) is 0 Å². The highest BCUT2D eigenvalue weighted by Crippen LogP contribution is 2.32. The Hall–Kier alpha value is -3.70. The summed E-state index contributed by atoms with van der Waals surface area (Å²) in [5, 5.41) is 62.8. The van der Waals surface area contributed by atoms with E-state index < -0.39 is 35.5 Å². The Morgan fingerprint density at radius 3 is 1.62 bits per heavy atom. The lowest BCUT2D eigenvalue weighted by Gasteiger charge is -2.09. The van der Waals surface area contributed by atoms with Crippen molar-refractivity contribution in [3.05, 3.63) is 41.5 Å². The number of hydrogen-bond acceptors (Lipinski definition) is 9. The zero-order valence-corrected chi connectivity index (χ0v) is 15.1. The molecule has 2 unspecified atom stereocenters. The van der Waals surface area contributed by atoms with Gasteiger partial charge in [-0.2, -0.15) is 0 Å². The fourth-order valence-corrected chi connectivity index (χ4v) is 2.15. The van der Waals surface area contributed by atoms with Crippen LogP contribution in [0.25, 0.3) is 0 Å². The van der Waals surface area contributed by atoms with Gasteiger partial charge in [0, 0.05) is 25.0 Å². The number of benzene rings is 2. The highest BCUT2D eigenvalue weighted by Gasteiger charge is 2.16. The number of carbonyl (C=O) groups is 2. The van der Waals surface area contributed by atoms with Gasteiger partial charge in [-0.15, -0.1) is 0 Å². The van der Waals surface area contributed by atoms with Crippen molar-refractivity contribution in [2.75, 3.05) is 0 Å². The summed E-state index contributed by atoms with van der Waals surface area (Å²) in [5.74, 6) is -3.76. The Bertz CT molecular complexity index is 886. The Labute approximate surface area is 164 Å². The first-order valence-corrected chi connectivity index (χ1v) is 8.13. The molecule has 158 valence electrons. The fourth-order valence-electron chi connectivity index (χ4n) is 2.15. The van der Waals surface area contributed by atoms with Crippen molar-refractivity contribution < 1.29 is 45.3 Å². The Morgan fingerprint density at radius 1 is 0.690 bits per heavy atom. The molecule has 0 fully saturated rings. The second kappa shape index (κ2) is 10.0. The van der Waals surface area contributed by atoms with E-state index in [4.69, 9.17) is 37.0 Å². The summed E-state index contributed by atoms with van der Waals surface area (Å²) in [6.07, 6.45) is -0.101. The molecule has 2 rings (SSSR count). The molecule has 0 radical (unpaired) electrons. The van der Waals surface area contributed by atoms with Gasteiger partial charge in [0.2, 0.25) is 0 Å². The van der Waals surface area contributed by atoms with Crippen molar-refractivity contribution in [3.8, 4) is 28.7 Å². The van der Waals surface area contributed by atoms with E-state index in [2.05, 4.69) is 0 Å². The van der Waals surface area contributed by atoms with E-state index in [0.29, 0.717) is 5.56 Å². The van der Waals surface area contributed by atoms with E-state index in [1.807, 2.05) is 0 Å². The number of carboxylic acids is 2. The van der Waals surface area contributed by atoms with Crippen molar-refractivity contribution in [3.63, 3.8) is 0 Å². The average Bonchev–Trinajstić information content (AvgIpc) is 2.62. The minimum Gasteiger partial charge on any atom is -0.508 e. The largest absolute Gasteiger partial charge is 0.508 e. The van der Waals surface area contributed by atoms with E-state index >= 15 is 0 Å². The van der Waals surface area contributed by atoms with Gasteiger partial charge < -0.3 is 47.2 Å². The van der Waals surface area contributed by atoms with Crippen LogP contribution in [0.4, 0.5) is 0 Å². The van der Waals surface area contributed by atoms with Crippen LogP contribution in [-0.4, -0.2) is 59.8 Å². The summed E-state index contributed by atoms with van der Waals surface area (Å²) in [5.41, 5.74) is 11.1. The summed E-state index contributed by atoms with van der Waals surface area (Å²) < 4.78 is 0. The van der Waals surface area contributed by atoms with Crippen LogP contribution in [0.2, 0.25) is 0 Å². The van der Waals surface area contributed by atoms with Gasteiger partial charge in [0.25, 0.3) is 0 Å². The number of phenolic OH excluding ortho intramolecular Hbond substituents is 5. The number of phenols is 5. The van der Waals surface area contributed by atoms with Gasteiger partial charge in [0.1, 0.15) is 29.3 Å². The third-order valence-corrected chi connectivity index (χ3v) is 3.76. The van der Waals surface area contributed by atoms with Crippen LogP contribution >= 0.6 is 0 Å². The molecule has 0 aliphatic rings. The summed E-state index contributed by atoms with van der Waals surface area (Å²) in [6.45, 7) is 0. The second-order valence-corrected chi connectivity index (χ2v) is 6.08. The van der Waals surface area contributed by atoms with E-state index in [1.165, 1.54) is 12.1 Å². The van der Waals surface area contributed by atoms with E-state index in [1.54, 1.807) is 0 Å². The molecule has 0 saturated carbocycles. The SMILES string of the molecule is NC(Cc1cc(O)c(O)cc1O)C(=O)O.NC(Cc1ccc(O)cc1O)C(=O)O. The van der Waals surface area contributed by atoms with Crippen molar-refractivity contribution in [2.24, 2.45) is 11.5 Å². The van der Waals surface area contributed by atoms with Crippen LogP contribution in [0.15, 0.2) is 30.3 Å². The molecule has 0 aromatic heterocycles. The first-order chi connectivity index (χ1) is 13.4. The van der Waals surface area contributed by atoms with E-state index in [-0.39, 0.29) is 35.7 Å². The van der Waals surface area contributed by atoms with Gasteiger partial charge in [0.15, 0.2) is 11.5 Å². The van der Waals surface area contributed by atoms with Gasteiger partial charge in [-0.05, 0) is 23.3 Å². The predicted molar refractivity (Wildman–Crippen MR) is 99.8 cm³/mol. The molecule has 2 atom stereocenters. The zero-order chi connectivity index (χ0) is 22.3. The molecule has 0 bridgehead atoms. The lowest BCUT2D eigenvalue weighted by Crippen LogP contribution is -2.32. The summed E-state index contributed by atoms with van der Waals surface area (Å²) in [4.78, 5) is 20.9. The monoisotopic (exact) mass is 410 g/mol. The van der Waals surface area contributed by atoms with Gasteiger partial charge in [-0.1, -0.05) is 6.07 Å². The normalized spacial score (nSPS) is 12.3. The van der Waals surface area contributed by atoms with Crippen LogP contribution in [-0.2, 0) is 22.4 Å². The average molecular weight is 410 g/mol. The molecule has 29 heavy (non-hydrogen) atoms. The first kappa shape index (κ1) is 23.3. The van der Waals surface area contributed by atoms with Crippen molar-refractivity contribution in [2.45, 2.75) is 24.9 Å². The lowest BCUT2D eigenvalue weighted by molar-refractivity contribution is -0.139. The summed E-state index contributed by atoms with van der Waals surface area (Å²) in [7, 11) is 0. The van der Waals surface area contributed by atoms with Gasteiger partial charge >= 0.3 is 11.9 Å². The number of aromatic hydroxyl groups is 5. The molecule has 0 heterocycles. The molecule has 2 aromatic rings. The Balaban J connectivity index is 0.000000291. The molecular formula is C18H22N2O9. The molecule has 0 aliphatic carbocycles. The minimum absolute atomic E-state index is 0.0292. The van der Waals surface area contributed by atoms with Crippen molar-refractivity contribution in [1.82, 2.24) is 0 Å². The summed E-state index contributed by atoms with van der Waals surface area (Å²) in [6, 6.07) is 3.73. The van der Waals surface area contributed by atoms with Crippen molar-refractivity contribution in [1.29, 1.82) is 0 Å². The summed E-state index contributed by atoms with van der Waals surface area (Å²) >= 11 is 0. The number of carboxylic acid groups (broad SMARTS) is 2. The van der Waals surface area contributed by atoms with Crippen LogP contribution < -0.4 is 11.5 Å². The number of aliphatic carboxylic acids is 2. The molecule has 11 heteroatoms. The van der Waals surface area contributed by atoms with E-state index in [9.17, 15) is 19.8 Å². The molecule has 11 N–H and O–H groups in total. The lowest BCUT2D eigenvalue weighted by atomic mass is 10.0. The standard InChI is InChI=1S/C9H11NO5.C9H11NO4/c10-5(9(14)15)1-4-2-7(12)8(13)3-6(4)11;10-7(9(13)14)3-5-1-2-6(11)4-8(5)12/h2-3,5,11-13H,1,10H2,(H,14,15);1-2,4,7,11-12H,3,10H2,(H,13,14). The molecule has 0 spiro atoms. The topological polar surface area (TPSA) is 228 Å². The maximum Gasteiger partial charge on any atom is 0.320 e. The van der Waals surface area contributed by atoms with Crippen LogP contribution in [0.5, 0.6) is 28.7 Å². The Kier molecular flexibility index (Phi) is 8.06. The maximum absolute atomic E-state index is 10.4. The molecule has 11 nitrogen and oxygen atoms in total. The zero-order valence-electron chi connectivity index (χ0n) is 15.1. The molecular weight excluding hydrogens is 388 g/mol. The third kappa shape index (κ3) is 7.08. The molecule has 2 aromatic carbocycles. The number of rotatable bonds is 6. The molecule has 0 amide bonds. The Morgan fingerprint density at radius 2 is 1.14 bits per heavy atom. The van der Waals surface area contributed by atoms with Crippen LogP contribution in [0, 0.1) is 0 Å². The number of hydrogen-bond donors (Lipinski definition) is 9. The van der Waals surface area contributed by atoms with E-state index in [0.717, 1.165) is 18.2 Å². The highest BCUT2D eigenvalue weighted by molar-refractivity contribution is 5.74. The van der Waals surface area contributed by atoms with Crippen molar-refractivity contribution >= 4 is 11.9 Å². The smallest absolute Gasteiger partial charge is 0.320 e. The fraction of sp³-hybridized carbons (Fsp3) is 0.222. The van der Waals surface area contributed by atoms with Gasteiger partial charge in [-0.3, -0.25) is 9.59 Å². The van der Waals surface area contributed by atoms with Gasteiger partial charge in [0.05, 0.1) is 0 Å². The third-order valence-electron chi connectivity index (χ3n) is 3.76. The van der Waals surface area contributed by atoms with Crippen LogP contribution in [0.1, 0.15) is 11.1 Å². The predicted octanol–water partition coefficient (Wildman–Crippen LogP) is -0.190. The maximum atomic E-state index is 10.4. The minimum atomic E-state index is -1.21. The molecule has 0 saturated heterocycles. The number of nitrogens with two attached hydrogens (primary N) is 2. The first-order valence-electron chi connectivity index (χ1n) is 8.13. The quantitative estimate of drug-likeness (QED) is 0.224.